The first kappa shape index (κ1) is 23.9. The SMILES string of the molecule is CN(C)C1(c2ccccc2)CCC2(CC1)c1[nH]c3ccccc3c1CCN2C(=O)c1cccc(F)c1F. The van der Waals surface area contributed by atoms with Crippen LogP contribution in [0.4, 0.5) is 8.78 Å². The van der Waals surface area contributed by atoms with Crippen molar-refractivity contribution >= 4 is 16.8 Å². The zero-order chi connectivity index (χ0) is 25.8. The van der Waals surface area contributed by atoms with Gasteiger partial charge in [0.15, 0.2) is 11.6 Å². The molecule has 3 aromatic carbocycles. The first-order valence-corrected chi connectivity index (χ1v) is 13.0. The Morgan fingerprint density at radius 3 is 2.32 bits per heavy atom. The third-order valence-corrected chi connectivity index (χ3v) is 8.88. The highest BCUT2D eigenvalue weighted by Crippen LogP contribution is 2.53. The topological polar surface area (TPSA) is 39.3 Å². The van der Waals surface area contributed by atoms with Crippen molar-refractivity contribution < 1.29 is 13.6 Å². The average molecular weight is 500 g/mol. The van der Waals surface area contributed by atoms with Crippen molar-refractivity contribution in [3.8, 4) is 0 Å². The second-order valence-corrected chi connectivity index (χ2v) is 10.7. The first-order valence-electron chi connectivity index (χ1n) is 13.0. The van der Waals surface area contributed by atoms with Crippen LogP contribution in [0.1, 0.15) is 52.9 Å². The second-order valence-electron chi connectivity index (χ2n) is 10.7. The van der Waals surface area contributed by atoms with E-state index in [-0.39, 0.29) is 11.1 Å². The number of benzene rings is 3. The number of nitrogens with zero attached hydrogens (tertiary/aromatic N) is 2. The maximum absolute atomic E-state index is 14.8. The Labute approximate surface area is 215 Å². The standard InChI is InChI=1S/C31H31F2N3O/c1-35(2)30(21-9-4-3-5-10-21)16-18-31(19-17-30)28-23(22-11-6-7-14-26(22)34-28)15-20-36(31)29(37)24-12-8-13-25(32)27(24)33/h3-14,34H,15-20H2,1-2H3. The number of hydrogen-bond acceptors (Lipinski definition) is 2. The van der Waals surface area contributed by atoms with Crippen LogP contribution in [0, 0.1) is 11.6 Å². The van der Waals surface area contributed by atoms with Crippen LogP contribution < -0.4 is 0 Å². The van der Waals surface area contributed by atoms with Gasteiger partial charge in [0.1, 0.15) is 0 Å². The molecule has 4 aromatic rings. The molecule has 6 heteroatoms. The number of carbonyl (C=O) groups excluding carboxylic acids is 1. The summed E-state index contributed by atoms with van der Waals surface area (Å²) in [5.41, 5.74) is 3.58. The van der Waals surface area contributed by atoms with E-state index in [1.165, 1.54) is 28.6 Å². The van der Waals surface area contributed by atoms with Gasteiger partial charge in [0, 0.05) is 28.7 Å². The molecule has 1 aliphatic heterocycles. The number of amides is 1. The molecule has 0 radical (unpaired) electrons. The van der Waals surface area contributed by atoms with Crippen LogP contribution in [-0.2, 0) is 17.5 Å². The number of aromatic amines is 1. The first-order chi connectivity index (χ1) is 17.9. The number of aromatic nitrogens is 1. The molecule has 1 spiro atoms. The quantitative estimate of drug-likeness (QED) is 0.356. The molecule has 1 fully saturated rings. The van der Waals surface area contributed by atoms with Gasteiger partial charge in [-0.25, -0.2) is 8.78 Å². The van der Waals surface area contributed by atoms with Crippen molar-refractivity contribution in [1.82, 2.24) is 14.8 Å². The van der Waals surface area contributed by atoms with Crippen LogP contribution in [0.3, 0.4) is 0 Å². The number of hydrogen-bond donors (Lipinski definition) is 1. The molecule has 190 valence electrons. The summed E-state index contributed by atoms with van der Waals surface area (Å²) in [7, 11) is 4.23. The lowest BCUT2D eigenvalue weighted by molar-refractivity contribution is -0.0144. The molecule has 37 heavy (non-hydrogen) atoms. The summed E-state index contributed by atoms with van der Waals surface area (Å²) in [5, 5.41) is 1.17. The third kappa shape index (κ3) is 3.53. The minimum absolute atomic E-state index is 0.172. The molecule has 2 heterocycles. The van der Waals surface area contributed by atoms with E-state index in [1.807, 2.05) is 23.1 Å². The summed E-state index contributed by atoms with van der Waals surface area (Å²) in [6, 6.07) is 22.6. The molecule has 0 atom stereocenters. The highest BCUT2D eigenvalue weighted by molar-refractivity contribution is 5.96. The number of fused-ring (bicyclic) bond motifs is 4. The van der Waals surface area contributed by atoms with Gasteiger partial charge in [-0.15, -0.1) is 0 Å². The predicted molar refractivity (Wildman–Crippen MR) is 141 cm³/mol. The van der Waals surface area contributed by atoms with E-state index in [0.717, 1.165) is 30.1 Å². The van der Waals surface area contributed by atoms with Crippen molar-refractivity contribution in [3.05, 3.63) is 107 Å². The Balaban J connectivity index is 1.48. The molecule has 1 saturated carbocycles. The Kier molecular flexibility index (Phi) is 5.68. The minimum Gasteiger partial charge on any atom is -0.356 e. The lowest BCUT2D eigenvalue weighted by Crippen LogP contribution is -2.58. The van der Waals surface area contributed by atoms with Crippen molar-refractivity contribution in [2.45, 2.75) is 43.2 Å². The van der Waals surface area contributed by atoms with Crippen LogP contribution in [0.5, 0.6) is 0 Å². The molecule has 1 N–H and O–H groups in total. The fraction of sp³-hybridized carbons (Fsp3) is 0.323. The van der Waals surface area contributed by atoms with Gasteiger partial charge in [0.05, 0.1) is 11.1 Å². The van der Waals surface area contributed by atoms with Crippen molar-refractivity contribution in [2.24, 2.45) is 0 Å². The number of nitrogens with one attached hydrogen (secondary N) is 1. The van der Waals surface area contributed by atoms with Gasteiger partial charge in [-0.2, -0.15) is 0 Å². The molecule has 0 unspecified atom stereocenters. The Hall–Kier alpha value is -3.51. The number of para-hydroxylation sites is 1. The Bertz CT molecular complexity index is 1470. The summed E-state index contributed by atoms with van der Waals surface area (Å²) < 4.78 is 29.0. The van der Waals surface area contributed by atoms with Gasteiger partial charge in [0.2, 0.25) is 0 Å². The lowest BCUT2D eigenvalue weighted by Gasteiger charge is -2.55. The van der Waals surface area contributed by atoms with E-state index in [1.54, 1.807) is 0 Å². The smallest absolute Gasteiger partial charge is 0.257 e. The van der Waals surface area contributed by atoms with Crippen LogP contribution in [0.2, 0.25) is 0 Å². The molecular weight excluding hydrogens is 468 g/mol. The van der Waals surface area contributed by atoms with E-state index in [0.29, 0.717) is 25.8 Å². The predicted octanol–water partition coefficient (Wildman–Crippen LogP) is 6.37. The molecule has 2 aliphatic rings. The molecular formula is C31H31F2N3O. The number of H-pyrrole nitrogens is 1. The highest BCUT2D eigenvalue weighted by atomic mass is 19.2. The van der Waals surface area contributed by atoms with E-state index < -0.39 is 23.1 Å². The highest BCUT2D eigenvalue weighted by Gasteiger charge is 2.53. The van der Waals surface area contributed by atoms with Crippen molar-refractivity contribution in [2.75, 3.05) is 20.6 Å². The average Bonchev–Trinajstić information content (AvgIpc) is 3.31. The minimum atomic E-state index is -1.08. The summed E-state index contributed by atoms with van der Waals surface area (Å²) in [4.78, 5) is 21.7. The summed E-state index contributed by atoms with van der Waals surface area (Å²) in [6.07, 6.45) is 3.74. The van der Waals surface area contributed by atoms with Gasteiger partial charge in [-0.1, -0.05) is 54.6 Å². The fourth-order valence-corrected chi connectivity index (χ4v) is 6.88. The van der Waals surface area contributed by atoms with Gasteiger partial charge >= 0.3 is 0 Å². The van der Waals surface area contributed by atoms with Gasteiger partial charge in [-0.3, -0.25) is 9.69 Å². The number of halogens is 2. The lowest BCUT2D eigenvalue weighted by atomic mass is 9.65. The zero-order valence-corrected chi connectivity index (χ0v) is 21.2. The van der Waals surface area contributed by atoms with E-state index in [9.17, 15) is 13.6 Å². The van der Waals surface area contributed by atoms with Crippen LogP contribution >= 0.6 is 0 Å². The molecule has 6 rings (SSSR count). The van der Waals surface area contributed by atoms with Crippen molar-refractivity contribution in [1.29, 1.82) is 0 Å². The van der Waals surface area contributed by atoms with Crippen LogP contribution in [0.15, 0.2) is 72.8 Å². The molecule has 1 amide bonds. The maximum atomic E-state index is 14.8. The molecule has 1 aliphatic carbocycles. The Morgan fingerprint density at radius 1 is 0.892 bits per heavy atom. The van der Waals surface area contributed by atoms with Gasteiger partial charge < -0.3 is 9.88 Å². The molecule has 0 bridgehead atoms. The largest absolute Gasteiger partial charge is 0.356 e. The monoisotopic (exact) mass is 499 g/mol. The second kappa shape index (κ2) is 8.80. The van der Waals surface area contributed by atoms with E-state index in [4.69, 9.17) is 0 Å². The Morgan fingerprint density at radius 2 is 1.59 bits per heavy atom. The van der Waals surface area contributed by atoms with E-state index >= 15 is 0 Å². The summed E-state index contributed by atoms with van der Waals surface area (Å²) in [6.45, 7) is 0.462. The number of rotatable bonds is 3. The third-order valence-electron chi connectivity index (χ3n) is 8.88. The van der Waals surface area contributed by atoms with Gasteiger partial charge in [-0.05, 0) is 75.5 Å². The molecule has 1 aromatic heterocycles. The molecule has 0 saturated heterocycles. The summed E-state index contributed by atoms with van der Waals surface area (Å²) >= 11 is 0. The fourth-order valence-electron chi connectivity index (χ4n) is 6.88. The normalized spacial score (nSPS) is 23.5. The van der Waals surface area contributed by atoms with Crippen LogP contribution in [0.25, 0.3) is 10.9 Å². The van der Waals surface area contributed by atoms with Crippen molar-refractivity contribution in [3.63, 3.8) is 0 Å². The number of carbonyl (C=O) groups is 1. The molecule has 4 nitrogen and oxygen atoms in total. The maximum Gasteiger partial charge on any atom is 0.257 e. The van der Waals surface area contributed by atoms with Crippen LogP contribution in [-0.4, -0.2) is 41.3 Å². The van der Waals surface area contributed by atoms with E-state index in [2.05, 4.69) is 60.4 Å². The summed E-state index contributed by atoms with van der Waals surface area (Å²) in [5.74, 6) is -2.52. The zero-order valence-electron chi connectivity index (χ0n) is 21.2. The van der Waals surface area contributed by atoms with Gasteiger partial charge in [0.25, 0.3) is 5.91 Å².